The second kappa shape index (κ2) is 5.34. The fourth-order valence-electron chi connectivity index (χ4n) is 2.72. The third-order valence-corrected chi connectivity index (χ3v) is 3.77. The molecule has 1 saturated carbocycles. The highest BCUT2D eigenvalue weighted by molar-refractivity contribution is 5.49. The predicted octanol–water partition coefficient (Wildman–Crippen LogP) is 2.91. The Morgan fingerprint density at radius 2 is 1.84 bits per heavy atom. The Kier molecular flexibility index (Phi) is 3.40. The van der Waals surface area contributed by atoms with Crippen LogP contribution in [0.1, 0.15) is 32.1 Å². The molecule has 0 radical (unpaired) electrons. The summed E-state index contributed by atoms with van der Waals surface area (Å²) in [7, 11) is 0. The van der Waals surface area contributed by atoms with Gasteiger partial charge in [-0.15, -0.1) is 0 Å². The molecule has 100 valence electrons. The minimum atomic E-state index is -0.104. The Balaban J connectivity index is 1.72. The number of aromatic nitrogens is 2. The monoisotopic (exact) mass is 257 g/mol. The van der Waals surface area contributed by atoms with E-state index < -0.39 is 0 Å². The molecule has 1 aliphatic rings. The van der Waals surface area contributed by atoms with E-state index in [0.717, 1.165) is 11.4 Å². The van der Waals surface area contributed by atoms with Gasteiger partial charge in [0, 0.05) is 24.1 Å². The number of hydrogen-bond donors (Lipinski definition) is 2. The smallest absolute Gasteiger partial charge is 0.330 e. The van der Waals surface area contributed by atoms with Crippen LogP contribution in [0, 0.1) is 0 Å². The lowest BCUT2D eigenvalue weighted by molar-refractivity contribution is 0.463. The molecule has 1 aromatic carbocycles. The number of aromatic amines is 1. The molecule has 3 rings (SSSR count). The second-order valence-corrected chi connectivity index (χ2v) is 5.16. The van der Waals surface area contributed by atoms with Gasteiger partial charge in [0.05, 0.1) is 5.69 Å². The molecule has 1 aromatic heterocycles. The highest BCUT2D eigenvalue weighted by Crippen LogP contribution is 2.22. The van der Waals surface area contributed by atoms with Crippen molar-refractivity contribution in [1.29, 1.82) is 0 Å². The van der Waals surface area contributed by atoms with Gasteiger partial charge in [0.2, 0.25) is 0 Å². The largest absolute Gasteiger partial charge is 0.382 e. The van der Waals surface area contributed by atoms with Gasteiger partial charge in [-0.1, -0.05) is 19.3 Å². The van der Waals surface area contributed by atoms with E-state index in [0.29, 0.717) is 6.04 Å². The van der Waals surface area contributed by atoms with Crippen molar-refractivity contribution in [1.82, 2.24) is 9.55 Å². The number of hydrogen-bond acceptors (Lipinski definition) is 2. The molecule has 4 heteroatoms. The molecule has 0 bridgehead atoms. The number of benzene rings is 1. The quantitative estimate of drug-likeness (QED) is 0.888. The molecule has 0 aliphatic heterocycles. The molecule has 0 saturated heterocycles. The Bertz CT molecular complexity index is 576. The first kappa shape index (κ1) is 12.1. The average molecular weight is 257 g/mol. The summed E-state index contributed by atoms with van der Waals surface area (Å²) in [6, 6.07) is 8.64. The maximum atomic E-state index is 11.5. The zero-order chi connectivity index (χ0) is 13.1. The summed E-state index contributed by atoms with van der Waals surface area (Å²) in [6.45, 7) is 0. The van der Waals surface area contributed by atoms with E-state index in [2.05, 4.69) is 10.3 Å². The van der Waals surface area contributed by atoms with Crippen molar-refractivity contribution in [3.8, 4) is 5.69 Å². The zero-order valence-electron chi connectivity index (χ0n) is 10.9. The van der Waals surface area contributed by atoms with E-state index in [1.165, 1.54) is 32.1 Å². The summed E-state index contributed by atoms with van der Waals surface area (Å²) >= 11 is 0. The van der Waals surface area contributed by atoms with Crippen LogP contribution < -0.4 is 11.0 Å². The highest BCUT2D eigenvalue weighted by Gasteiger charge is 2.12. The second-order valence-electron chi connectivity index (χ2n) is 5.16. The van der Waals surface area contributed by atoms with Crippen molar-refractivity contribution >= 4 is 5.69 Å². The fraction of sp³-hybridized carbons (Fsp3) is 0.400. The third-order valence-electron chi connectivity index (χ3n) is 3.77. The Labute approximate surface area is 112 Å². The van der Waals surface area contributed by atoms with Gasteiger partial charge in [0.15, 0.2) is 0 Å². The van der Waals surface area contributed by atoms with Crippen molar-refractivity contribution in [3.63, 3.8) is 0 Å². The van der Waals surface area contributed by atoms with Gasteiger partial charge in [-0.3, -0.25) is 4.57 Å². The van der Waals surface area contributed by atoms with Crippen LogP contribution in [0.5, 0.6) is 0 Å². The summed E-state index contributed by atoms with van der Waals surface area (Å²) in [5.74, 6) is 0. The number of nitrogens with zero attached hydrogens (tertiary/aromatic N) is 1. The van der Waals surface area contributed by atoms with Crippen LogP contribution in [-0.4, -0.2) is 15.6 Å². The molecule has 0 amide bonds. The van der Waals surface area contributed by atoms with E-state index >= 15 is 0 Å². The number of imidazole rings is 1. The summed E-state index contributed by atoms with van der Waals surface area (Å²) in [6.07, 6.45) is 9.94. The SMILES string of the molecule is O=c1[nH]ccn1-c1ccc(NC2CCCCC2)cc1. The molecule has 4 nitrogen and oxygen atoms in total. The van der Waals surface area contributed by atoms with Crippen LogP contribution in [0.4, 0.5) is 5.69 Å². The van der Waals surface area contributed by atoms with Crippen LogP contribution in [-0.2, 0) is 0 Å². The Morgan fingerprint density at radius 1 is 1.11 bits per heavy atom. The third kappa shape index (κ3) is 2.72. The number of H-pyrrole nitrogens is 1. The lowest BCUT2D eigenvalue weighted by atomic mass is 9.95. The molecule has 2 N–H and O–H groups in total. The van der Waals surface area contributed by atoms with E-state index in [1.54, 1.807) is 17.0 Å². The predicted molar refractivity (Wildman–Crippen MR) is 76.9 cm³/mol. The van der Waals surface area contributed by atoms with Gasteiger partial charge >= 0.3 is 5.69 Å². The van der Waals surface area contributed by atoms with Gasteiger partial charge < -0.3 is 10.3 Å². The lowest BCUT2D eigenvalue weighted by Crippen LogP contribution is -2.22. The van der Waals surface area contributed by atoms with E-state index in [-0.39, 0.29) is 5.69 Å². The zero-order valence-corrected chi connectivity index (χ0v) is 10.9. The molecule has 0 atom stereocenters. The van der Waals surface area contributed by atoms with Crippen LogP contribution in [0.2, 0.25) is 0 Å². The first-order valence-corrected chi connectivity index (χ1v) is 6.96. The molecule has 1 aliphatic carbocycles. The summed E-state index contributed by atoms with van der Waals surface area (Å²) in [4.78, 5) is 14.2. The van der Waals surface area contributed by atoms with Gasteiger partial charge in [0.1, 0.15) is 0 Å². The molecule has 19 heavy (non-hydrogen) atoms. The Hall–Kier alpha value is -1.97. The summed E-state index contributed by atoms with van der Waals surface area (Å²) < 4.78 is 1.60. The van der Waals surface area contributed by atoms with Crippen LogP contribution in [0.25, 0.3) is 5.69 Å². The molecule has 1 heterocycles. The average Bonchev–Trinajstić information content (AvgIpc) is 2.87. The minimum Gasteiger partial charge on any atom is -0.382 e. The van der Waals surface area contributed by atoms with Crippen molar-refractivity contribution in [3.05, 3.63) is 47.1 Å². The van der Waals surface area contributed by atoms with Crippen molar-refractivity contribution in [2.45, 2.75) is 38.1 Å². The summed E-state index contributed by atoms with van der Waals surface area (Å²) in [5, 5.41) is 3.57. The van der Waals surface area contributed by atoms with E-state index in [1.807, 2.05) is 24.3 Å². The molecular weight excluding hydrogens is 238 g/mol. The fourth-order valence-corrected chi connectivity index (χ4v) is 2.72. The first-order chi connectivity index (χ1) is 9.33. The van der Waals surface area contributed by atoms with Gasteiger partial charge in [-0.2, -0.15) is 0 Å². The van der Waals surface area contributed by atoms with Crippen molar-refractivity contribution in [2.24, 2.45) is 0 Å². The molecule has 0 spiro atoms. The normalized spacial score (nSPS) is 16.4. The minimum absolute atomic E-state index is 0.104. The summed E-state index contributed by atoms with van der Waals surface area (Å²) in [5.41, 5.74) is 1.92. The van der Waals surface area contributed by atoms with E-state index in [9.17, 15) is 4.79 Å². The first-order valence-electron chi connectivity index (χ1n) is 6.96. The van der Waals surface area contributed by atoms with Crippen LogP contribution >= 0.6 is 0 Å². The molecule has 1 fully saturated rings. The van der Waals surface area contributed by atoms with Gasteiger partial charge in [-0.25, -0.2) is 4.79 Å². The number of nitrogens with one attached hydrogen (secondary N) is 2. The van der Waals surface area contributed by atoms with Crippen LogP contribution in [0.3, 0.4) is 0 Å². The van der Waals surface area contributed by atoms with E-state index in [4.69, 9.17) is 0 Å². The van der Waals surface area contributed by atoms with Gasteiger partial charge in [-0.05, 0) is 37.1 Å². The maximum Gasteiger partial charge on any atom is 0.330 e. The number of rotatable bonds is 3. The van der Waals surface area contributed by atoms with Crippen molar-refractivity contribution in [2.75, 3.05) is 5.32 Å². The highest BCUT2D eigenvalue weighted by atomic mass is 16.1. The molecule has 0 unspecified atom stereocenters. The maximum absolute atomic E-state index is 11.5. The molecular formula is C15H19N3O. The standard InChI is InChI=1S/C15H19N3O/c19-15-16-10-11-18(15)14-8-6-13(7-9-14)17-12-4-2-1-3-5-12/h6-12,17H,1-5H2,(H,16,19). The lowest BCUT2D eigenvalue weighted by Gasteiger charge is -2.23. The van der Waals surface area contributed by atoms with Crippen LogP contribution in [0.15, 0.2) is 41.5 Å². The number of anilines is 1. The Morgan fingerprint density at radius 3 is 2.47 bits per heavy atom. The topological polar surface area (TPSA) is 49.8 Å². The molecule has 2 aromatic rings. The van der Waals surface area contributed by atoms with Gasteiger partial charge in [0.25, 0.3) is 0 Å². The van der Waals surface area contributed by atoms with Crippen molar-refractivity contribution < 1.29 is 0 Å².